The number of alkyl halides is 1. The number of rotatable bonds is 3. The van der Waals surface area contributed by atoms with E-state index in [0.717, 1.165) is 18.2 Å². The summed E-state index contributed by atoms with van der Waals surface area (Å²) in [6.45, 7) is 0. The molecule has 82 valence electrons. The van der Waals surface area contributed by atoms with Gasteiger partial charge in [-0.1, -0.05) is 17.7 Å². The van der Waals surface area contributed by atoms with E-state index in [1.807, 2.05) is 0 Å². The lowest BCUT2D eigenvalue weighted by atomic mass is 10.1. The van der Waals surface area contributed by atoms with E-state index < -0.39 is 24.1 Å². The van der Waals surface area contributed by atoms with Gasteiger partial charge >= 0.3 is 5.97 Å². The number of aliphatic hydroxyl groups is 1. The summed E-state index contributed by atoms with van der Waals surface area (Å²) in [6.07, 6.45) is -4.40. The van der Waals surface area contributed by atoms with Gasteiger partial charge in [-0.05, 0) is 12.1 Å². The molecule has 0 aliphatic rings. The molecule has 0 aromatic heterocycles. The first kappa shape index (κ1) is 11.9. The molecule has 0 saturated carbocycles. The molecule has 2 unspecified atom stereocenters. The summed E-state index contributed by atoms with van der Waals surface area (Å²) in [4.78, 5) is 10.2. The summed E-state index contributed by atoms with van der Waals surface area (Å²) in [5.41, 5.74) is -0.159. The highest BCUT2D eigenvalue weighted by molar-refractivity contribution is 6.31. The second-order valence-corrected chi connectivity index (χ2v) is 3.26. The summed E-state index contributed by atoms with van der Waals surface area (Å²) in [5.74, 6) is -2.45. The van der Waals surface area contributed by atoms with Crippen LogP contribution in [0.15, 0.2) is 18.2 Å². The molecular formula is C9H7ClF2O3. The monoisotopic (exact) mass is 236 g/mol. The fourth-order valence-corrected chi connectivity index (χ4v) is 1.31. The minimum atomic E-state index is -2.49. The van der Waals surface area contributed by atoms with Crippen LogP contribution in [0.3, 0.4) is 0 Å². The zero-order valence-corrected chi connectivity index (χ0v) is 8.08. The number of hydrogen-bond donors (Lipinski definition) is 2. The second kappa shape index (κ2) is 4.55. The smallest absolute Gasteiger partial charge is 0.341 e. The maximum Gasteiger partial charge on any atom is 0.341 e. The van der Waals surface area contributed by atoms with Gasteiger partial charge in [0.1, 0.15) is 11.9 Å². The van der Waals surface area contributed by atoms with Gasteiger partial charge in [-0.3, -0.25) is 0 Å². The lowest BCUT2D eigenvalue weighted by Crippen LogP contribution is -2.23. The largest absolute Gasteiger partial charge is 0.479 e. The molecular weight excluding hydrogens is 230 g/mol. The molecule has 0 saturated heterocycles. The normalized spacial score (nSPS) is 14.7. The number of carboxylic acid groups (broad SMARTS) is 1. The Balaban J connectivity index is 3.01. The van der Waals surface area contributed by atoms with Gasteiger partial charge in [0, 0.05) is 10.6 Å². The molecule has 0 aliphatic heterocycles. The molecule has 0 spiro atoms. The van der Waals surface area contributed by atoms with Crippen LogP contribution in [0, 0.1) is 5.82 Å². The fourth-order valence-electron chi connectivity index (χ4n) is 1.03. The number of aliphatic carboxylic acids is 1. The lowest BCUT2D eigenvalue weighted by molar-refractivity contribution is -0.147. The summed E-state index contributed by atoms with van der Waals surface area (Å²) in [5, 5.41) is 17.4. The van der Waals surface area contributed by atoms with Crippen molar-refractivity contribution in [2.45, 2.75) is 12.3 Å². The Kier molecular flexibility index (Phi) is 3.60. The van der Waals surface area contributed by atoms with Crippen LogP contribution in [0.5, 0.6) is 0 Å². The van der Waals surface area contributed by atoms with E-state index in [2.05, 4.69) is 0 Å². The average molecular weight is 237 g/mol. The first-order valence-electron chi connectivity index (χ1n) is 3.93. The predicted molar refractivity (Wildman–Crippen MR) is 48.9 cm³/mol. The zero-order valence-electron chi connectivity index (χ0n) is 7.32. The van der Waals surface area contributed by atoms with Crippen LogP contribution in [0.25, 0.3) is 0 Å². The van der Waals surface area contributed by atoms with Crippen molar-refractivity contribution in [1.82, 2.24) is 0 Å². The number of hydrogen-bond acceptors (Lipinski definition) is 2. The van der Waals surface area contributed by atoms with E-state index >= 15 is 0 Å². The summed E-state index contributed by atoms with van der Waals surface area (Å²) < 4.78 is 25.5. The van der Waals surface area contributed by atoms with E-state index in [4.69, 9.17) is 16.7 Å². The number of aliphatic hydroxyl groups excluding tert-OH is 1. The van der Waals surface area contributed by atoms with Crippen molar-refractivity contribution < 1.29 is 23.8 Å². The maximum absolute atomic E-state index is 12.9. The molecule has 1 aromatic rings. The predicted octanol–water partition coefficient (Wildman–Crippen LogP) is 1.94. The lowest BCUT2D eigenvalue weighted by Gasteiger charge is -2.13. The van der Waals surface area contributed by atoms with Gasteiger partial charge < -0.3 is 10.2 Å². The minimum absolute atomic E-state index is 0.159. The van der Waals surface area contributed by atoms with Crippen LogP contribution in [-0.4, -0.2) is 22.4 Å². The van der Waals surface area contributed by atoms with Crippen LogP contribution in [0.2, 0.25) is 5.02 Å². The number of benzene rings is 1. The Bertz CT molecular complexity index is 384. The average Bonchev–Trinajstić information content (AvgIpc) is 2.15. The van der Waals surface area contributed by atoms with E-state index in [1.165, 1.54) is 0 Å². The summed E-state index contributed by atoms with van der Waals surface area (Å²) in [7, 11) is 0. The Morgan fingerprint density at radius 3 is 2.53 bits per heavy atom. The van der Waals surface area contributed by atoms with Crippen LogP contribution in [0.1, 0.15) is 11.7 Å². The molecule has 0 bridgehead atoms. The SMILES string of the molecule is O=C(O)C(F)C(O)c1ccc(F)cc1Cl. The summed E-state index contributed by atoms with van der Waals surface area (Å²) in [6, 6.07) is 2.87. The van der Waals surface area contributed by atoms with Crippen molar-refractivity contribution in [3.63, 3.8) is 0 Å². The van der Waals surface area contributed by atoms with Crippen molar-refractivity contribution in [2.75, 3.05) is 0 Å². The Hall–Kier alpha value is -1.20. The first-order chi connectivity index (χ1) is 6.93. The highest BCUT2D eigenvalue weighted by atomic mass is 35.5. The third kappa shape index (κ3) is 2.64. The van der Waals surface area contributed by atoms with Crippen LogP contribution < -0.4 is 0 Å². The van der Waals surface area contributed by atoms with Gasteiger partial charge in [0.15, 0.2) is 0 Å². The Morgan fingerprint density at radius 2 is 2.07 bits per heavy atom. The molecule has 0 amide bonds. The van der Waals surface area contributed by atoms with E-state index in [0.29, 0.717) is 0 Å². The van der Waals surface area contributed by atoms with Crippen molar-refractivity contribution in [2.24, 2.45) is 0 Å². The van der Waals surface area contributed by atoms with Gasteiger partial charge in [-0.25, -0.2) is 13.6 Å². The molecule has 0 fully saturated rings. The maximum atomic E-state index is 12.9. The Labute approximate surface area is 88.9 Å². The molecule has 2 N–H and O–H groups in total. The van der Waals surface area contributed by atoms with E-state index in [9.17, 15) is 18.7 Å². The molecule has 0 heterocycles. The molecule has 6 heteroatoms. The van der Waals surface area contributed by atoms with Gasteiger partial charge in [0.25, 0.3) is 0 Å². The summed E-state index contributed by atoms with van der Waals surface area (Å²) >= 11 is 5.51. The van der Waals surface area contributed by atoms with E-state index in [-0.39, 0.29) is 10.6 Å². The molecule has 3 nitrogen and oxygen atoms in total. The van der Waals surface area contributed by atoms with Crippen molar-refractivity contribution in [3.05, 3.63) is 34.6 Å². The van der Waals surface area contributed by atoms with Crippen LogP contribution >= 0.6 is 11.6 Å². The number of carboxylic acids is 1. The van der Waals surface area contributed by atoms with Crippen molar-refractivity contribution >= 4 is 17.6 Å². The quantitative estimate of drug-likeness (QED) is 0.843. The molecule has 15 heavy (non-hydrogen) atoms. The number of halogens is 3. The van der Waals surface area contributed by atoms with Crippen molar-refractivity contribution in [3.8, 4) is 0 Å². The third-order valence-corrected chi connectivity index (χ3v) is 2.12. The standard InChI is InChI=1S/C9H7ClF2O3/c10-6-3-4(11)1-2-5(6)8(13)7(12)9(14)15/h1-3,7-8,13H,(H,14,15). The highest BCUT2D eigenvalue weighted by Crippen LogP contribution is 2.27. The fraction of sp³-hybridized carbons (Fsp3) is 0.222. The molecule has 0 radical (unpaired) electrons. The molecule has 1 aromatic carbocycles. The topological polar surface area (TPSA) is 57.5 Å². The molecule has 1 rings (SSSR count). The van der Waals surface area contributed by atoms with Gasteiger partial charge in [0.2, 0.25) is 6.17 Å². The van der Waals surface area contributed by atoms with Gasteiger partial charge in [-0.2, -0.15) is 0 Å². The zero-order chi connectivity index (χ0) is 11.6. The Morgan fingerprint density at radius 1 is 1.47 bits per heavy atom. The minimum Gasteiger partial charge on any atom is -0.479 e. The number of carbonyl (C=O) groups is 1. The molecule has 2 atom stereocenters. The van der Waals surface area contributed by atoms with Gasteiger partial charge in [-0.15, -0.1) is 0 Å². The first-order valence-corrected chi connectivity index (χ1v) is 4.31. The highest BCUT2D eigenvalue weighted by Gasteiger charge is 2.28. The van der Waals surface area contributed by atoms with Crippen LogP contribution in [0.4, 0.5) is 8.78 Å². The van der Waals surface area contributed by atoms with Crippen LogP contribution in [-0.2, 0) is 4.79 Å². The second-order valence-electron chi connectivity index (χ2n) is 2.85. The third-order valence-electron chi connectivity index (χ3n) is 1.79. The molecule has 0 aliphatic carbocycles. The van der Waals surface area contributed by atoms with Gasteiger partial charge in [0.05, 0.1) is 0 Å². The van der Waals surface area contributed by atoms with Crippen molar-refractivity contribution in [1.29, 1.82) is 0 Å². The van der Waals surface area contributed by atoms with E-state index in [1.54, 1.807) is 0 Å².